The van der Waals surface area contributed by atoms with Gasteiger partial charge >= 0.3 is 0 Å². The molecular weight excluding hydrogens is 282 g/mol. The van der Waals surface area contributed by atoms with Crippen LogP contribution in [0.4, 0.5) is 0 Å². The van der Waals surface area contributed by atoms with Crippen LogP contribution in [0.15, 0.2) is 47.8 Å². The minimum absolute atomic E-state index is 0.564. The van der Waals surface area contributed by atoms with Gasteiger partial charge in [-0.2, -0.15) is 0 Å². The van der Waals surface area contributed by atoms with Crippen molar-refractivity contribution in [3.63, 3.8) is 0 Å². The Morgan fingerprint density at radius 2 is 1.81 bits per heavy atom. The van der Waals surface area contributed by atoms with Gasteiger partial charge in [-0.25, -0.2) is 0 Å². The van der Waals surface area contributed by atoms with Crippen molar-refractivity contribution in [3.8, 4) is 11.5 Å². The molecule has 0 aliphatic carbocycles. The molecule has 0 spiro atoms. The molecule has 0 amide bonds. The first-order chi connectivity index (χ1) is 10.3. The molecule has 0 fully saturated rings. The first-order valence-electron chi connectivity index (χ1n) is 6.76. The van der Waals surface area contributed by atoms with Crippen LogP contribution < -0.4 is 15.2 Å². The van der Waals surface area contributed by atoms with Gasteiger partial charge < -0.3 is 15.2 Å². The van der Waals surface area contributed by atoms with Gasteiger partial charge in [0.05, 0.1) is 7.11 Å². The highest BCUT2D eigenvalue weighted by Crippen LogP contribution is 2.28. The fraction of sp³-hybridized carbons (Fsp3) is 0.176. The molecule has 2 N–H and O–H groups in total. The van der Waals surface area contributed by atoms with Crippen molar-refractivity contribution in [1.82, 2.24) is 0 Å². The van der Waals surface area contributed by atoms with Crippen molar-refractivity contribution in [1.29, 1.82) is 0 Å². The predicted octanol–water partition coefficient (Wildman–Crippen LogP) is 3.95. The van der Waals surface area contributed by atoms with Crippen LogP contribution in [0, 0.1) is 0 Å². The zero-order valence-electron chi connectivity index (χ0n) is 11.8. The molecular formula is C17H17NO2S. The van der Waals surface area contributed by atoms with Crippen molar-refractivity contribution in [3.05, 3.63) is 59.0 Å². The second kappa shape index (κ2) is 6.16. The van der Waals surface area contributed by atoms with E-state index < -0.39 is 0 Å². The normalized spacial score (nSPS) is 10.8. The quantitative estimate of drug-likeness (QED) is 0.776. The van der Waals surface area contributed by atoms with E-state index in [1.807, 2.05) is 24.3 Å². The lowest BCUT2D eigenvalue weighted by Gasteiger charge is -2.06. The fourth-order valence-corrected chi connectivity index (χ4v) is 3.21. The summed E-state index contributed by atoms with van der Waals surface area (Å²) < 4.78 is 12.2. The standard InChI is InChI=1S/C17H17NO2S/c1-19-14-3-5-15(6-4-14)20-10-13-11-21-17-8-12(9-18)2-7-16(13)17/h2-8,11H,9-10,18H2,1H3. The number of hydrogen-bond acceptors (Lipinski definition) is 4. The summed E-state index contributed by atoms with van der Waals surface area (Å²) in [5, 5.41) is 3.39. The molecule has 3 aromatic rings. The van der Waals surface area contributed by atoms with Gasteiger partial charge in [0.25, 0.3) is 0 Å². The van der Waals surface area contributed by atoms with Crippen molar-refractivity contribution < 1.29 is 9.47 Å². The number of ether oxygens (including phenoxy) is 2. The Bertz CT molecular complexity index is 734. The van der Waals surface area contributed by atoms with Crippen LogP contribution in [0.2, 0.25) is 0 Å². The van der Waals surface area contributed by atoms with Gasteiger partial charge in [-0.3, -0.25) is 0 Å². The number of hydrogen-bond donors (Lipinski definition) is 1. The average Bonchev–Trinajstić information content (AvgIpc) is 2.95. The van der Waals surface area contributed by atoms with Gasteiger partial charge in [0.1, 0.15) is 18.1 Å². The molecule has 1 aromatic heterocycles. The molecule has 3 rings (SSSR count). The van der Waals surface area contributed by atoms with Gasteiger partial charge in [0.15, 0.2) is 0 Å². The smallest absolute Gasteiger partial charge is 0.120 e. The predicted molar refractivity (Wildman–Crippen MR) is 87.0 cm³/mol. The monoisotopic (exact) mass is 299 g/mol. The summed E-state index contributed by atoms with van der Waals surface area (Å²) >= 11 is 1.73. The van der Waals surface area contributed by atoms with E-state index >= 15 is 0 Å². The maximum absolute atomic E-state index is 5.84. The second-order valence-electron chi connectivity index (χ2n) is 4.76. The van der Waals surface area contributed by atoms with Gasteiger partial charge in [-0.1, -0.05) is 12.1 Å². The number of methoxy groups -OCH3 is 1. The van der Waals surface area contributed by atoms with Crippen LogP contribution in [0.3, 0.4) is 0 Å². The lowest BCUT2D eigenvalue weighted by atomic mass is 10.1. The van der Waals surface area contributed by atoms with Crippen LogP contribution >= 0.6 is 11.3 Å². The largest absolute Gasteiger partial charge is 0.497 e. The first kappa shape index (κ1) is 13.9. The molecule has 0 saturated heterocycles. The van der Waals surface area contributed by atoms with E-state index in [-0.39, 0.29) is 0 Å². The molecule has 3 nitrogen and oxygen atoms in total. The van der Waals surface area contributed by atoms with E-state index in [1.54, 1.807) is 18.4 Å². The van der Waals surface area contributed by atoms with Crippen LogP contribution in [0.5, 0.6) is 11.5 Å². The third-order valence-corrected chi connectivity index (χ3v) is 4.40. The molecule has 1 heterocycles. The maximum atomic E-state index is 5.84. The first-order valence-corrected chi connectivity index (χ1v) is 7.64. The van der Waals surface area contributed by atoms with Crippen LogP contribution in [0.25, 0.3) is 10.1 Å². The van der Waals surface area contributed by atoms with Gasteiger partial charge in [0, 0.05) is 16.8 Å². The summed E-state index contributed by atoms with van der Waals surface area (Å²) in [6.45, 7) is 1.14. The average molecular weight is 299 g/mol. The van der Waals surface area contributed by atoms with Crippen molar-refractivity contribution >= 4 is 21.4 Å². The van der Waals surface area contributed by atoms with E-state index in [1.165, 1.54) is 15.6 Å². The highest BCUT2D eigenvalue weighted by molar-refractivity contribution is 7.17. The van der Waals surface area contributed by atoms with Crippen LogP contribution in [-0.4, -0.2) is 7.11 Å². The number of thiophene rings is 1. The van der Waals surface area contributed by atoms with Crippen molar-refractivity contribution in [2.45, 2.75) is 13.2 Å². The van der Waals surface area contributed by atoms with Crippen molar-refractivity contribution in [2.75, 3.05) is 7.11 Å². The summed E-state index contributed by atoms with van der Waals surface area (Å²) in [6.07, 6.45) is 0. The fourth-order valence-electron chi connectivity index (χ4n) is 2.20. The number of rotatable bonds is 5. The molecule has 0 radical (unpaired) electrons. The minimum atomic E-state index is 0.564. The van der Waals surface area contributed by atoms with Gasteiger partial charge in [-0.15, -0.1) is 11.3 Å². The summed E-state index contributed by atoms with van der Waals surface area (Å²) in [6, 6.07) is 14.0. The van der Waals surface area contributed by atoms with Gasteiger partial charge in [0.2, 0.25) is 0 Å². The summed E-state index contributed by atoms with van der Waals surface area (Å²) in [7, 11) is 1.66. The summed E-state index contributed by atoms with van der Waals surface area (Å²) in [5.41, 5.74) is 8.04. The third-order valence-electron chi connectivity index (χ3n) is 3.41. The topological polar surface area (TPSA) is 44.5 Å². The second-order valence-corrected chi connectivity index (χ2v) is 5.67. The van der Waals surface area contributed by atoms with Crippen molar-refractivity contribution in [2.24, 2.45) is 5.73 Å². The number of fused-ring (bicyclic) bond motifs is 1. The molecule has 0 aliphatic heterocycles. The van der Waals surface area contributed by atoms with Crippen LogP contribution in [0.1, 0.15) is 11.1 Å². The van der Waals surface area contributed by atoms with E-state index in [4.69, 9.17) is 15.2 Å². The molecule has 0 bridgehead atoms. The Morgan fingerprint density at radius 3 is 2.52 bits per heavy atom. The summed E-state index contributed by atoms with van der Waals surface area (Å²) in [5.74, 6) is 1.67. The van der Waals surface area contributed by atoms with E-state index in [0.717, 1.165) is 17.1 Å². The lowest BCUT2D eigenvalue weighted by Crippen LogP contribution is -1.96. The zero-order chi connectivity index (χ0) is 14.7. The zero-order valence-corrected chi connectivity index (χ0v) is 12.7. The molecule has 0 unspecified atom stereocenters. The Kier molecular flexibility index (Phi) is 4.08. The number of benzene rings is 2. The molecule has 108 valence electrons. The van der Waals surface area contributed by atoms with E-state index in [9.17, 15) is 0 Å². The molecule has 0 aliphatic rings. The van der Waals surface area contributed by atoms with E-state index in [0.29, 0.717) is 13.2 Å². The Hall–Kier alpha value is -2.04. The SMILES string of the molecule is COc1ccc(OCc2csc3cc(CN)ccc23)cc1. The Balaban J connectivity index is 1.75. The van der Waals surface area contributed by atoms with E-state index in [2.05, 4.69) is 23.6 Å². The maximum Gasteiger partial charge on any atom is 0.120 e. The molecule has 0 atom stereocenters. The molecule has 2 aromatic carbocycles. The molecule has 4 heteroatoms. The Labute approximate surface area is 127 Å². The lowest BCUT2D eigenvalue weighted by molar-refractivity contribution is 0.307. The minimum Gasteiger partial charge on any atom is -0.497 e. The number of nitrogens with two attached hydrogens (primary N) is 1. The Morgan fingerprint density at radius 1 is 1.05 bits per heavy atom. The molecule has 0 saturated carbocycles. The summed E-state index contributed by atoms with van der Waals surface area (Å²) in [4.78, 5) is 0. The highest BCUT2D eigenvalue weighted by Gasteiger charge is 2.06. The van der Waals surface area contributed by atoms with Gasteiger partial charge in [-0.05, 0) is 46.7 Å². The third kappa shape index (κ3) is 3.01. The molecule has 21 heavy (non-hydrogen) atoms. The highest BCUT2D eigenvalue weighted by atomic mass is 32.1. The van der Waals surface area contributed by atoms with Crippen LogP contribution in [-0.2, 0) is 13.2 Å².